The summed E-state index contributed by atoms with van der Waals surface area (Å²) in [6.07, 6.45) is 0. The summed E-state index contributed by atoms with van der Waals surface area (Å²) in [6, 6.07) is 11.6. The summed E-state index contributed by atoms with van der Waals surface area (Å²) in [5.74, 6) is -0.0693. The van der Waals surface area contributed by atoms with Crippen LogP contribution in [0.1, 0.15) is 21.5 Å². The molecule has 3 rings (SSSR count). The van der Waals surface area contributed by atoms with Crippen molar-refractivity contribution in [3.05, 3.63) is 53.1 Å². The van der Waals surface area contributed by atoms with Crippen molar-refractivity contribution in [2.75, 3.05) is 10.6 Å². The van der Waals surface area contributed by atoms with Gasteiger partial charge in [-0.25, -0.2) is 0 Å². The first kappa shape index (κ1) is 10.8. The molecule has 3 heteroatoms. The Balaban J connectivity index is 2.18. The Labute approximate surface area is 106 Å². The molecule has 0 radical (unpaired) electrons. The summed E-state index contributed by atoms with van der Waals surface area (Å²) in [4.78, 5) is 12.1. The van der Waals surface area contributed by atoms with Crippen LogP contribution in [0.25, 0.3) is 0 Å². The molecule has 1 amide bonds. The Kier molecular flexibility index (Phi) is 2.33. The SMILES string of the molecule is Cc1cc2c(cc1C)Nc1ccccc1C(=O)N2. The Morgan fingerprint density at radius 2 is 1.44 bits per heavy atom. The third kappa shape index (κ3) is 1.64. The average molecular weight is 238 g/mol. The number of carbonyl (C=O) groups is 1. The van der Waals surface area contributed by atoms with Crippen LogP contribution < -0.4 is 10.6 Å². The van der Waals surface area contributed by atoms with Crippen molar-refractivity contribution in [2.24, 2.45) is 0 Å². The van der Waals surface area contributed by atoms with Crippen LogP contribution in [-0.2, 0) is 0 Å². The number of hydrogen-bond acceptors (Lipinski definition) is 2. The van der Waals surface area contributed by atoms with Gasteiger partial charge in [0, 0.05) is 0 Å². The lowest BCUT2D eigenvalue weighted by atomic mass is 10.1. The zero-order valence-electron chi connectivity index (χ0n) is 10.4. The number of anilines is 3. The van der Waals surface area contributed by atoms with E-state index in [0.717, 1.165) is 17.1 Å². The maximum absolute atomic E-state index is 12.1. The maximum atomic E-state index is 12.1. The molecule has 1 heterocycles. The van der Waals surface area contributed by atoms with Gasteiger partial charge in [0.25, 0.3) is 5.91 Å². The Bertz CT molecular complexity index is 647. The summed E-state index contributed by atoms with van der Waals surface area (Å²) >= 11 is 0. The van der Waals surface area contributed by atoms with Crippen molar-refractivity contribution in [3.8, 4) is 0 Å². The summed E-state index contributed by atoms with van der Waals surface area (Å²) in [7, 11) is 0. The van der Waals surface area contributed by atoms with Crippen LogP contribution in [0.3, 0.4) is 0 Å². The van der Waals surface area contributed by atoms with Crippen LogP contribution in [0, 0.1) is 13.8 Å². The molecule has 0 saturated carbocycles. The van der Waals surface area contributed by atoms with Crippen LogP contribution in [0.4, 0.5) is 17.1 Å². The van der Waals surface area contributed by atoms with E-state index in [2.05, 4.69) is 23.6 Å². The maximum Gasteiger partial charge on any atom is 0.257 e. The summed E-state index contributed by atoms with van der Waals surface area (Å²) in [5, 5.41) is 6.26. The second kappa shape index (κ2) is 3.88. The molecule has 0 fully saturated rings. The number of aryl methyl sites for hydroxylation is 2. The van der Waals surface area contributed by atoms with Gasteiger partial charge < -0.3 is 10.6 Å². The predicted octanol–water partition coefficient (Wildman–Crippen LogP) is 3.61. The molecule has 1 aliphatic heterocycles. The molecule has 2 aromatic carbocycles. The summed E-state index contributed by atoms with van der Waals surface area (Å²) in [6.45, 7) is 4.11. The van der Waals surface area contributed by atoms with Crippen LogP contribution >= 0.6 is 0 Å². The molecule has 0 saturated heterocycles. The van der Waals surface area contributed by atoms with Crippen molar-refractivity contribution in [1.82, 2.24) is 0 Å². The van der Waals surface area contributed by atoms with Gasteiger partial charge in [-0.1, -0.05) is 12.1 Å². The van der Waals surface area contributed by atoms with Gasteiger partial charge in [-0.05, 0) is 49.2 Å². The van der Waals surface area contributed by atoms with Gasteiger partial charge in [0.15, 0.2) is 0 Å². The molecule has 90 valence electrons. The highest BCUT2D eigenvalue weighted by molar-refractivity contribution is 6.12. The van der Waals surface area contributed by atoms with Crippen molar-refractivity contribution in [3.63, 3.8) is 0 Å². The lowest BCUT2D eigenvalue weighted by Gasteiger charge is -2.11. The molecule has 0 bridgehead atoms. The first-order valence-electron chi connectivity index (χ1n) is 5.94. The number of rotatable bonds is 0. The number of amides is 1. The third-order valence-corrected chi connectivity index (χ3v) is 3.32. The number of hydrogen-bond donors (Lipinski definition) is 2. The number of para-hydroxylation sites is 1. The smallest absolute Gasteiger partial charge is 0.257 e. The van der Waals surface area contributed by atoms with Crippen LogP contribution in [0.2, 0.25) is 0 Å². The third-order valence-electron chi connectivity index (χ3n) is 3.32. The Morgan fingerprint density at radius 1 is 0.833 bits per heavy atom. The van der Waals surface area contributed by atoms with E-state index in [0.29, 0.717) is 5.56 Å². The van der Waals surface area contributed by atoms with Crippen LogP contribution in [0.5, 0.6) is 0 Å². The van der Waals surface area contributed by atoms with Crippen molar-refractivity contribution in [1.29, 1.82) is 0 Å². The first-order valence-corrected chi connectivity index (χ1v) is 5.94. The molecule has 0 aliphatic carbocycles. The number of fused-ring (bicyclic) bond motifs is 2. The average Bonchev–Trinajstić information content (AvgIpc) is 2.48. The van der Waals surface area contributed by atoms with E-state index in [1.165, 1.54) is 11.1 Å². The largest absolute Gasteiger partial charge is 0.353 e. The highest BCUT2D eigenvalue weighted by atomic mass is 16.1. The highest BCUT2D eigenvalue weighted by Crippen LogP contribution is 2.33. The molecule has 0 unspecified atom stereocenters. The zero-order valence-corrected chi connectivity index (χ0v) is 10.4. The van der Waals surface area contributed by atoms with Gasteiger partial charge >= 0.3 is 0 Å². The van der Waals surface area contributed by atoms with Gasteiger partial charge in [0.2, 0.25) is 0 Å². The second-order valence-electron chi connectivity index (χ2n) is 4.61. The molecule has 2 N–H and O–H groups in total. The van der Waals surface area contributed by atoms with E-state index in [9.17, 15) is 4.79 Å². The van der Waals surface area contributed by atoms with Crippen LogP contribution in [0.15, 0.2) is 36.4 Å². The van der Waals surface area contributed by atoms with E-state index in [1.54, 1.807) is 0 Å². The van der Waals surface area contributed by atoms with Crippen molar-refractivity contribution in [2.45, 2.75) is 13.8 Å². The topological polar surface area (TPSA) is 41.1 Å². The molecule has 1 aliphatic rings. The van der Waals surface area contributed by atoms with E-state index in [4.69, 9.17) is 0 Å². The lowest BCUT2D eigenvalue weighted by molar-refractivity contribution is 0.102. The zero-order chi connectivity index (χ0) is 12.7. The number of nitrogens with one attached hydrogen (secondary N) is 2. The summed E-state index contributed by atoms with van der Waals surface area (Å²) < 4.78 is 0. The van der Waals surface area contributed by atoms with E-state index in [-0.39, 0.29) is 5.91 Å². The molecule has 0 aromatic heterocycles. The molecular weight excluding hydrogens is 224 g/mol. The fourth-order valence-electron chi connectivity index (χ4n) is 2.15. The van der Waals surface area contributed by atoms with Crippen molar-refractivity contribution < 1.29 is 4.79 Å². The minimum absolute atomic E-state index is 0.0693. The fraction of sp³-hybridized carbons (Fsp3) is 0.133. The monoisotopic (exact) mass is 238 g/mol. The normalized spacial score (nSPS) is 12.9. The summed E-state index contributed by atoms with van der Waals surface area (Å²) in [5.41, 5.74) is 5.66. The van der Waals surface area contributed by atoms with Gasteiger partial charge in [-0.15, -0.1) is 0 Å². The van der Waals surface area contributed by atoms with Gasteiger partial charge in [-0.2, -0.15) is 0 Å². The highest BCUT2D eigenvalue weighted by Gasteiger charge is 2.18. The second-order valence-corrected chi connectivity index (χ2v) is 4.61. The minimum atomic E-state index is -0.0693. The van der Waals surface area contributed by atoms with Gasteiger partial charge in [0.1, 0.15) is 0 Å². The lowest BCUT2D eigenvalue weighted by Crippen LogP contribution is -2.10. The van der Waals surface area contributed by atoms with E-state index in [1.807, 2.05) is 37.3 Å². The molecule has 3 nitrogen and oxygen atoms in total. The van der Waals surface area contributed by atoms with Crippen molar-refractivity contribution >= 4 is 23.0 Å². The molecule has 18 heavy (non-hydrogen) atoms. The molecular formula is C15H14N2O. The first-order chi connectivity index (χ1) is 8.65. The fourth-order valence-corrected chi connectivity index (χ4v) is 2.15. The number of benzene rings is 2. The Hall–Kier alpha value is -2.29. The quantitative estimate of drug-likeness (QED) is 0.736. The van der Waals surface area contributed by atoms with E-state index >= 15 is 0 Å². The predicted molar refractivity (Wildman–Crippen MR) is 73.6 cm³/mol. The number of carbonyl (C=O) groups excluding carboxylic acids is 1. The van der Waals surface area contributed by atoms with E-state index < -0.39 is 0 Å². The molecule has 0 spiro atoms. The molecule has 0 atom stereocenters. The van der Waals surface area contributed by atoms with Crippen LogP contribution in [-0.4, -0.2) is 5.91 Å². The Morgan fingerprint density at radius 3 is 2.17 bits per heavy atom. The minimum Gasteiger partial charge on any atom is -0.353 e. The van der Waals surface area contributed by atoms with Gasteiger partial charge in [0.05, 0.1) is 22.6 Å². The standard InChI is InChI=1S/C15H14N2O/c1-9-7-13-14(8-10(9)2)17-15(18)11-5-3-4-6-12(11)16-13/h3-8,16H,1-2H3,(H,17,18). The van der Waals surface area contributed by atoms with Gasteiger partial charge in [-0.3, -0.25) is 4.79 Å². The molecule has 2 aromatic rings.